The molecule has 1 aromatic heterocycles. The molecule has 0 aliphatic carbocycles. The van der Waals surface area contributed by atoms with E-state index in [4.69, 9.17) is 14.5 Å². The number of aromatic nitrogens is 1. The van der Waals surface area contributed by atoms with Crippen molar-refractivity contribution in [1.82, 2.24) is 15.2 Å². The molecule has 1 saturated heterocycles. The smallest absolute Gasteiger partial charge is 0.253 e. The van der Waals surface area contributed by atoms with Crippen molar-refractivity contribution in [3.05, 3.63) is 71.6 Å². The predicted molar refractivity (Wildman–Crippen MR) is 132 cm³/mol. The number of aryl methyl sites for hydroxylation is 1. The normalized spacial score (nSPS) is 14.0. The molecule has 34 heavy (non-hydrogen) atoms. The quantitative estimate of drug-likeness (QED) is 0.401. The van der Waals surface area contributed by atoms with Crippen molar-refractivity contribution in [2.75, 3.05) is 32.9 Å². The average molecular weight is 466 g/mol. The molecular formula is C27H35N3O4. The minimum atomic E-state index is -0.147. The highest BCUT2D eigenvalue weighted by Gasteiger charge is 2.27. The first-order valence-corrected chi connectivity index (χ1v) is 12.0. The van der Waals surface area contributed by atoms with Crippen LogP contribution in [0.25, 0.3) is 0 Å². The molecule has 7 nitrogen and oxygen atoms in total. The van der Waals surface area contributed by atoms with E-state index in [1.807, 2.05) is 55.1 Å². The van der Waals surface area contributed by atoms with Crippen molar-refractivity contribution in [3.8, 4) is 5.75 Å². The lowest BCUT2D eigenvalue weighted by atomic mass is 9.89. The summed E-state index contributed by atoms with van der Waals surface area (Å²) in [5, 5.41) is 3.03. The van der Waals surface area contributed by atoms with Crippen LogP contribution in [0, 0.1) is 6.92 Å². The number of benzene rings is 1. The number of nitrogens with zero attached hydrogens (tertiary/aromatic N) is 2. The predicted octanol–water partition coefficient (Wildman–Crippen LogP) is 4.02. The molecule has 1 aliphatic rings. The molecular weight excluding hydrogens is 430 g/mol. The van der Waals surface area contributed by atoms with Crippen LogP contribution in [0.4, 0.5) is 0 Å². The maximum atomic E-state index is 13.1. The number of ether oxygens (including phenoxy) is 2. The van der Waals surface area contributed by atoms with Crippen LogP contribution in [0.1, 0.15) is 59.4 Å². The van der Waals surface area contributed by atoms with Crippen molar-refractivity contribution in [3.63, 3.8) is 0 Å². The van der Waals surface area contributed by atoms with Gasteiger partial charge in [0, 0.05) is 36.8 Å². The zero-order valence-electron chi connectivity index (χ0n) is 20.2. The van der Waals surface area contributed by atoms with E-state index in [0.717, 1.165) is 35.5 Å². The van der Waals surface area contributed by atoms with Crippen LogP contribution in [0.5, 0.6) is 5.75 Å². The van der Waals surface area contributed by atoms with Crippen LogP contribution < -0.4 is 10.1 Å². The van der Waals surface area contributed by atoms with Gasteiger partial charge in [-0.3, -0.25) is 14.6 Å². The molecule has 2 amide bonds. The number of para-hydroxylation sites is 1. The van der Waals surface area contributed by atoms with Crippen LogP contribution >= 0.6 is 0 Å². The van der Waals surface area contributed by atoms with E-state index in [1.54, 1.807) is 6.08 Å². The third kappa shape index (κ3) is 6.90. The molecule has 0 saturated carbocycles. The summed E-state index contributed by atoms with van der Waals surface area (Å²) in [7, 11) is 0. The highest BCUT2D eigenvalue weighted by atomic mass is 16.5. The van der Waals surface area contributed by atoms with Crippen molar-refractivity contribution in [1.29, 1.82) is 0 Å². The van der Waals surface area contributed by atoms with Gasteiger partial charge in [-0.1, -0.05) is 24.3 Å². The number of nitrogens with one attached hydrogen (secondary N) is 1. The number of amides is 2. The minimum Gasteiger partial charge on any atom is -0.494 e. The number of likely N-dealkylation sites (tertiary alicyclic amines) is 1. The first-order chi connectivity index (χ1) is 16.5. The van der Waals surface area contributed by atoms with E-state index in [2.05, 4.69) is 11.9 Å². The van der Waals surface area contributed by atoms with Gasteiger partial charge in [-0.2, -0.15) is 0 Å². The van der Waals surface area contributed by atoms with E-state index < -0.39 is 0 Å². The highest BCUT2D eigenvalue weighted by Crippen LogP contribution is 2.30. The average Bonchev–Trinajstić information content (AvgIpc) is 2.86. The number of hydrogen-bond donors (Lipinski definition) is 1. The van der Waals surface area contributed by atoms with Gasteiger partial charge in [-0.05, 0) is 44.9 Å². The molecule has 0 atom stereocenters. The molecule has 1 fully saturated rings. The second kappa shape index (κ2) is 12.9. The van der Waals surface area contributed by atoms with Gasteiger partial charge in [0.2, 0.25) is 5.91 Å². The summed E-state index contributed by atoms with van der Waals surface area (Å²) >= 11 is 0. The van der Waals surface area contributed by atoms with E-state index in [9.17, 15) is 9.59 Å². The maximum absolute atomic E-state index is 13.1. The molecule has 1 aliphatic heterocycles. The summed E-state index contributed by atoms with van der Waals surface area (Å²) in [5.74, 6) is 0.870. The van der Waals surface area contributed by atoms with Gasteiger partial charge in [0.15, 0.2) is 0 Å². The first-order valence-electron chi connectivity index (χ1n) is 12.0. The van der Waals surface area contributed by atoms with Crippen LogP contribution in [0.3, 0.4) is 0 Å². The fourth-order valence-electron chi connectivity index (χ4n) is 4.18. The number of pyridine rings is 1. The molecule has 0 radical (unpaired) electrons. The second-order valence-corrected chi connectivity index (χ2v) is 8.38. The van der Waals surface area contributed by atoms with Crippen molar-refractivity contribution in [2.45, 2.75) is 45.6 Å². The third-order valence-corrected chi connectivity index (χ3v) is 5.95. The molecule has 0 unspecified atom stereocenters. The summed E-state index contributed by atoms with van der Waals surface area (Å²) in [5.41, 5.74) is 3.23. The number of rotatable bonds is 11. The fourth-order valence-corrected chi connectivity index (χ4v) is 4.18. The summed E-state index contributed by atoms with van der Waals surface area (Å²) in [6, 6.07) is 11.4. The van der Waals surface area contributed by atoms with E-state index in [0.29, 0.717) is 51.4 Å². The van der Waals surface area contributed by atoms with Crippen molar-refractivity contribution < 1.29 is 19.1 Å². The van der Waals surface area contributed by atoms with Gasteiger partial charge in [0.25, 0.3) is 5.91 Å². The van der Waals surface area contributed by atoms with Crippen molar-refractivity contribution >= 4 is 11.8 Å². The highest BCUT2D eigenvalue weighted by molar-refractivity contribution is 5.95. The van der Waals surface area contributed by atoms with Gasteiger partial charge in [0.05, 0.1) is 37.5 Å². The Morgan fingerprint density at radius 3 is 2.71 bits per heavy atom. The lowest BCUT2D eigenvalue weighted by Crippen LogP contribution is -2.39. The van der Waals surface area contributed by atoms with E-state index in [-0.39, 0.29) is 17.7 Å². The Balaban J connectivity index is 1.62. The maximum Gasteiger partial charge on any atom is 0.253 e. The van der Waals surface area contributed by atoms with Gasteiger partial charge in [-0.25, -0.2) is 0 Å². The minimum absolute atomic E-state index is 0.102. The second-order valence-electron chi connectivity index (χ2n) is 8.38. The van der Waals surface area contributed by atoms with E-state index in [1.165, 1.54) is 0 Å². The Hall–Kier alpha value is -3.19. The number of hydrogen-bond acceptors (Lipinski definition) is 5. The Morgan fingerprint density at radius 2 is 1.97 bits per heavy atom. The summed E-state index contributed by atoms with van der Waals surface area (Å²) in [6.45, 7) is 10.6. The molecule has 7 heteroatoms. The molecule has 2 aromatic rings. The molecule has 1 N–H and O–H groups in total. The van der Waals surface area contributed by atoms with Crippen LogP contribution in [-0.2, 0) is 16.1 Å². The molecule has 0 spiro atoms. The number of piperidine rings is 1. The van der Waals surface area contributed by atoms with Gasteiger partial charge >= 0.3 is 0 Å². The Labute approximate surface area is 202 Å². The van der Waals surface area contributed by atoms with Crippen LogP contribution in [-0.4, -0.2) is 54.6 Å². The zero-order chi connectivity index (χ0) is 24.3. The van der Waals surface area contributed by atoms with Crippen LogP contribution in [0.15, 0.2) is 49.1 Å². The molecule has 1 aromatic carbocycles. The Kier molecular flexibility index (Phi) is 9.64. The lowest BCUT2D eigenvalue weighted by molar-refractivity contribution is -0.133. The summed E-state index contributed by atoms with van der Waals surface area (Å²) in [4.78, 5) is 32.2. The topological polar surface area (TPSA) is 80.8 Å². The largest absolute Gasteiger partial charge is 0.494 e. The first kappa shape index (κ1) is 25.4. The van der Waals surface area contributed by atoms with Gasteiger partial charge in [0.1, 0.15) is 5.75 Å². The summed E-state index contributed by atoms with van der Waals surface area (Å²) in [6.07, 6.45) is 3.61. The van der Waals surface area contributed by atoms with E-state index >= 15 is 0 Å². The van der Waals surface area contributed by atoms with Crippen LogP contribution in [0.2, 0.25) is 0 Å². The number of carbonyl (C=O) groups excluding carboxylic acids is 2. The molecule has 182 valence electrons. The monoisotopic (exact) mass is 465 g/mol. The van der Waals surface area contributed by atoms with Gasteiger partial charge < -0.3 is 19.7 Å². The Morgan fingerprint density at radius 1 is 1.21 bits per heavy atom. The molecule has 3 rings (SSSR count). The van der Waals surface area contributed by atoms with Gasteiger partial charge in [-0.15, -0.1) is 6.58 Å². The number of carbonyl (C=O) groups is 2. The molecule has 0 bridgehead atoms. The standard InChI is InChI=1S/C27H35N3O4/c1-4-17-33-18-14-25(31)30-15-12-21(13-16-30)26-23(11-10-20(3)29-26)27(32)28-19-22-8-6-7-9-24(22)34-5-2/h4,6-11,21H,1,5,12-19H2,2-3H3,(H,28,32). The SMILES string of the molecule is C=CCOCCC(=O)N1CCC(c2nc(C)ccc2C(=O)NCc2ccccc2OCC)CC1. The fraction of sp³-hybridized carbons (Fsp3) is 0.444. The Bertz CT molecular complexity index is 984. The van der Waals surface area contributed by atoms with Crippen molar-refractivity contribution in [2.24, 2.45) is 0 Å². The lowest BCUT2D eigenvalue weighted by Gasteiger charge is -2.32. The summed E-state index contributed by atoms with van der Waals surface area (Å²) < 4.78 is 11.0. The zero-order valence-corrected chi connectivity index (χ0v) is 20.2. The molecule has 2 heterocycles. The third-order valence-electron chi connectivity index (χ3n) is 5.95.